The molecule has 0 saturated carbocycles. The number of hydrogen-bond donors (Lipinski definition) is 1. The van der Waals surface area contributed by atoms with Crippen LogP contribution in [0.5, 0.6) is 5.75 Å². The number of nitriles is 1. The number of amides is 1. The van der Waals surface area contributed by atoms with Crippen LogP contribution in [0.25, 0.3) is 22.6 Å². The highest BCUT2D eigenvalue weighted by Crippen LogP contribution is 2.29. The van der Waals surface area contributed by atoms with E-state index in [1.54, 1.807) is 13.2 Å². The van der Waals surface area contributed by atoms with Gasteiger partial charge in [0.2, 0.25) is 11.8 Å². The molecule has 0 spiro atoms. The second-order valence-corrected chi connectivity index (χ2v) is 6.08. The molecule has 0 radical (unpaired) electrons. The van der Waals surface area contributed by atoms with E-state index in [9.17, 15) is 4.79 Å². The van der Waals surface area contributed by atoms with E-state index in [-0.39, 0.29) is 11.7 Å². The van der Waals surface area contributed by atoms with Crippen LogP contribution in [0.2, 0.25) is 0 Å². The lowest BCUT2D eigenvalue weighted by Crippen LogP contribution is -2.13. The smallest absolute Gasteiger partial charge is 0.235 e. The monoisotopic (exact) mass is 353 g/mol. The number of methoxy groups -OCH3 is 1. The van der Waals surface area contributed by atoms with Gasteiger partial charge in [-0.15, -0.1) is 0 Å². The maximum absolute atomic E-state index is 11.8. The van der Waals surface area contributed by atoms with Crippen LogP contribution in [0, 0.1) is 17.6 Å². The van der Waals surface area contributed by atoms with Crippen molar-refractivity contribution in [2.45, 2.75) is 6.92 Å². The van der Waals surface area contributed by atoms with Crippen molar-refractivity contribution >= 4 is 34.5 Å². The number of aromatic nitrogens is 1. The molecular weight excluding hydrogens is 338 g/mol. The van der Waals surface area contributed by atoms with Gasteiger partial charge in [-0.3, -0.25) is 4.79 Å². The number of hydrogen-bond acceptors (Lipinski definition) is 6. The normalized spacial score (nSPS) is 10.4. The Bertz CT molecular complexity index is 958. The van der Waals surface area contributed by atoms with Gasteiger partial charge in [0.15, 0.2) is 5.58 Å². The Morgan fingerprint density at radius 1 is 1.36 bits per heavy atom. The molecule has 0 aliphatic rings. The summed E-state index contributed by atoms with van der Waals surface area (Å²) in [6.07, 6.45) is 0. The highest BCUT2D eigenvalue weighted by Gasteiger charge is 2.13. The number of oxazole rings is 1. The Hall–Kier alpha value is -2.98. The molecule has 0 atom stereocenters. The van der Waals surface area contributed by atoms with Gasteiger partial charge in [-0.2, -0.15) is 5.26 Å². The van der Waals surface area contributed by atoms with Crippen molar-refractivity contribution in [3.8, 4) is 22.6 Å². The zero-order valence-electron chi connectivity index (χ0n) is 13.7. The van der Waals surface area contributed by atoms with E-state index in [1.165, 1.54) is 0 Å². The van der Waals surface area contributed by atoms with Crippen LogP contribution in [-0.4, -0.2) is 23.8 Å². The number of nitrogens with zero attached hydrogens (tertiary/aromatic N) is 2. The number of thiocyanates is 1. The minimum atomic E-state index is -0.232. The van der Waals surface area contributed by atoms with E-state index in [0.717, 1.165) is 28.6 Å². The zero-order chi connectivity index (χ0) is 17.8. The lowest BCUT2D eigenvalue weighted by atomic mass is 10.2. The first kappa shape index (κ1) is 16.9. The number of ether oxygens (including phenoxy) is 1. The van der Waals surface area contributed by atoms with E-state index in [1.807, 2.05) is 42.7 Å². The fraction of sp³-hybridized carbons (Fsp3) is 0.167. The van der Waals surface area contributed by atoms with Gasteiger partial charge in [-0.1, -0.05) is 0 Å². The summed E-state index contributed by atoms with van der Waals surface area (Å²) in [6.45, 7) is 1.89. The molecule has 6 nitrogen and oxygen atoms in total. The zero-order valence-corrected chi connectivity index (χ0v) is 14.5. The summed E-state index contributed by atoms with van der Waals surface area (Å²) in [4.78, 5) is 16.3. The molecule has 3 aromatic rings. The molecule has 1 amide bonds. The number of benzene rings is 2. The molecule has 2 aromatic carbocycles. The first-order valence-corrected chi connectivity index (χ1v) is 8.45. The minimum absolute atomic E-state index is 0.0868. The molecule has 0 aliphatic carbocycles. The van der Waals surface area contributed by atoms with Gasteiger partial charge in [0.25, 0.3) is 0 Å². The maximum atomic E-state index is 11.8. The molecule has 3 rings (SSSR count). The summed E-state index contributed by atoms with van der Waals surface area (Å²) in [5, 5.41) is 13.2. The van der Waals surface area contributed by atoms with Crippen molar-refractivity contribution in [1.82, 2.24) is 4.98 Å². The highest BCUT2D eigenvalue weighted by molar-refractivity contribution is 8.04. The molecule has 7 heteroatoms. The molecule has 1 heterocycles. The average Bonchev–Trinajstić information content (AvgIpc) is 3.04. The lowest BCUT2D eigenvalue weighted by molar-refractivity contribution is -0.113. The van der Waals surface area contributed by atoms with Gasteiger partial charge in [-0.05, 0) is 60.6 Å². The summed E-state index contributed by atoms with van der Waals surface area (Å²) in [7, 11) is 1.61. The Kier molecular flexibility index (Phi) is 4.91. The number of aryl methyl sites for hydroxylation is 1. The van der Waals surface area contributed by atoms with E-state index < -0.39 is 0 Å². The van der Waals surface area contributed by atoms with E-state index in [2.05, 4.69) is 10.3 Å². The SMILES string of the molecule is COc1ccc(-c2nc3cc(NC(=O)CSC#N)cc(C)c3o2)cc1. The summed E-state index contributed by atoms with van der Waals surface area (Å²) in [5.41, 5.74) is 3.67. The highest BCUT2D eigenvalue weighted by atomic mass is 32.2. The number of carbonyl (C=O) groups is 1. The van der Waals surface area contributed by atoms with Crippen molar-refractivity contribution in [2.75, 3.05) is 18.2 Å². The van der Waals surface area contributed by atoms with Gasteiger partial charge in [-0.25, -0.2) is 4.98 Å². The molecule has 1 N–H and O–H groups in total. The summed E-state index contributed by atoms with van der Waals surface area (Å²) in [5.74, 6) is 1.12. The fourth-order valence-corrected chi connectivity index (χ4v) is 2.69. The first-order valence-electron chi connectivity index (χ1n) is 7.47. The van der Waals surface area contributed by atoms with Crippen molar-refractivity contribution in [1.29, 1.82) is 5.26 Å². The number of fused-ring (bicyclic) bond motifs is 1. The average molecular weight is 353 g/mol. The third-order valence-corrected chi connectivity index (χ3v) is 4.10. The first-order chi connectivity index (χ1) is 12.1. The molecule has 0 bridgehead atoms. The Morgan fingerprint density at radius 3 is 2.80 bits per heavy atom. The largest absolute Gasteiger partial charge is 0.497 e. The van der Waals surface area contributed by atoms with Crippen LogP contribution < -0.4 is 10.1 Å². The van der Waals surface area contributed by atoms with Crippen molar-refractivity contribution in [3.63, 3.8) is 0 Å². The van der Waals surface area contributed by atoms with Crippen LogP contribution in [0.4, 0.5) is 5.69 Å². The summed E-state index contributed by atoms with van der Waals surface area (Å²) >= 11 is 0.897. The summed E-state index contributed by atoms with van der Waals surface area (Å²) < 4.78 is 11.0. The van der Waals surface area contributed by atoms with Crippen LogP contribution in [0.1, 0.15) is 5.56 Å². The predicted molar refractivity (Wildman–Crippen MR) is 97.4 cm³/mol. The van der Waals surface area contributed by atoms with Gasteiger partial charge >= 0.3 is 0 Å². The Balaban J connectivity index is 1.90. The summed E-state index contributed by atoms with van der Waals surface area (Å²) in [6, 6.07) is 11.0. The lowest BCUT2D eigenvalue weighted by Gasteiger charge is -2.04. The van der Waals surface area contributed by atoms with Crippen LogP contribution >= 0.6 is 11.8 Å². The molecule has 1 aromatic heterocycles. The van der Waals surface area contributed by atoms with Gasteiger partial charge in [0.1, 0.15) is 16.7 Å². The minimum Gasteiger partial charge on any atom is -0.497 e. The van der Waals surface area contributed by atoms with Crippen LogP contribution in [-0.2, 0) is 4.79 Å². The molecule has 0 saturated heterocycles. The second-order valence-electron chi connectivity index (χ2n) is 5.32. The standard InChI is InChI=1S/C18H15N3O3S/c1-11-7-13(20-16(22)9-25-10-19)8-15-17(11)24-18(21-15)12-3-5-14(23-2)6-4-12/h3-8H,9H2,1-2H3,(H,20,22). The topological polar surface area (TPSA) is 88.1 Å². The van der Waals surface area contributed by atoms with E-state index >= 15 is 0 Å². The van der Waals surface area contributed by atoms with Crippen molar-refractivity contribution < 1.29 is 13.9 Å². The van der Waals surface area contributed by atoms with Crippen LogP contribution in [0.15, 0.2) is 40.8 Å². The number of carbonyl (C=O) groups excluding carboxylic acids is 1. The Labute approximate surface area is 148 Å². The van der Waals surface area contributed by atoms with Crippen molar-refractivity contribution in [3.05, 3.63) is 42.0 Å². The van der Waals surface area contributed by atoms with E-state index in [0.29, 0.717) is 22.7 Å². The molecule has 126 valence electrons. The number of rotatable bonds is 5. The molecule has 25 heavy (non-hydrogen) atoms. The number of thioether (sulfide) groups is 1. The van der Waals surface area contributed by atoms with Gasteiger partial charge < -0.3 is 14.5 Å². The second kappa shape index (κ2) is 7.28. The van der Waals surface area contributed by atoms with Gasteiger partial charge in [0.05, 0.1) is 12.9 Å². The maximum Gasteiger partial charge on any atom is 0.235 e. The third kappa shape index (κ3) is 3.75. The van der Waals surface area contributed by atoms with Gasteiger partial charge in [0, 0.05) is 11.3 Å². The molecule has 0 unspecified atom stereocenters. The predicted octanol–water partition coefficient (Wildman–Crippen LogP) is 3.96. The molecular formula is C18H15N3O3S. The fourth-order valence-electron chi connectivity index (χ4n) is 2.42. The third-order valence-electron chi connectivity index (χ3n) is 3.56. The number of nitrogens with one attached hydrogen (secondary N) is 1. The Morgan fingerprint density at radius 2 is 2.12 bits per heavy atom. The van der Waals surface area contributed by atoms with E-state index in [4.69, 9.17) is 14.4 Å². The van der Waals surface area contributed by atoms with Crippen LogP contribution in [0.3, 0.4) is 0 Å². The molecule has 0 aliphatic heterocycles. The molecule has 0 fully saturated rings. The van der Waals surface area contributed by atoms with Crippen molar-refractivity contribution in [2.24, 2.45) is 0 Å². The quantitative estimate of drug-likeness (QED) is 0.698. The number of anilines is 1.